The van der Waals surface area contributed by atoms with Gasteiger partial charge in [0, 0.05) is 4.83 Å². The summed E-state index contributed by atoms with van der Waals surface area (Å²) < 4.78 is 13.0. The van der Waals surface area contributed by atoms with Crippen LogP contribution in [0.15, 0.2) is 11.9 Å². The van der Waals surface area contributed by atoms with Crippen molar-refractivity contribution in [2.45, 2.75) is 56.7 Å². The quantitative estimate of drug-likeness (QED) is 0.592. The Balaban J connectivity index is 1.98. The van der Waals surface area contributed by atoms with E-state index in [1.165, 1.54) is 25.7 Å². The lowest BCUT2D eigenvalue weighted by Gasteiger charge is -2.43. The fourth-order valence-corrected chi connectivity index (χ4v) is 3.54. The van der Waals surface area contributed by atoms with E-state index in [0.717, 1.165) is 23.6 Å². The smallest absolute Gasteiger partial charge is 0.0960 e. The summed E-state index contributed by atoms with van der Waals surface area (Å²) in [6.07, 6.45) is 9.73. The molecule has 0 aromatic rings. The lowest BCUT2D eigenvalue weighted by molar-refractivity contribution is 0.110. The largest absolute Gasteiger partial charge is 0.212 e. The van der Waals surface area contributed by atoms with Crippen molar-refractivity contribution in [1.82, 2.24) is 0 Å². The molecule has 0 heterocycles. The molecule has 0 amide bonds. The third-order valence-electron chi connectivity index (χ3n) is 4.40. The SMILES string of the molecule is CC1(C2CC=C(F)CC2)CCC(Br)CC1. The molecule has 1 fully saturated rings. The van der Waals surface area contributed by atoms with Gasteiger partial charge in [-0.3, -0.25) is 0 Å². The van der Waals surface area contributed by atoms with E-state index < -0.39 is 0 Å². The minimum atomic E-state index is 0.115. The highest BCUT2D eigenvalue weighted by Crippen LogP contribution is 2.48. The summed E-state index contributed by atoms with van der Waals surface area (Å²) in [5, 5.41) is 0. The summed E-state index contributed by atoms with van der Waals surface area (Å²) in [6.45, 7) is 2.41. The van der Waals surface area contributed by atoms with Gasteiger partial charge in [0.15, 0.2) is 0 Å². The number of rotatable bonds is 1. The third-order valence-corrected chi connectivity index (χ3v) is 5.31. The topological polar surface area (TPSA) is 0 Å². The molecule has 0 nitrogen and oxygen atoms in total. The first kappa shape index (κ1) is 11.6. The molecule has 0 saturated heterocycles. The van der Waals surface area contributed by atoms with E-state index in [4.69, 9.17) is 0 Å². The molecule has 0 aliphatic heterocycles. The predicted octanol–water partition coefficient (Wildman–Crippen LogP) is 4.98. The molecule has 0 bridgehead atoms. The second-order valence-corrected chi connectivity index (χ2v) is 6.75. The van der Waals surface area contributed by atoms with Crippen molar-refractivity contribution in [1.29, 1.82) is 0 Å². The van der Waals surface area contributed by atoms with E-state index in [2.05, 4.69) is 22.9 Å². The molecule has 0 N–H and O–H groups in total. The predicted molar refractivity (Wildman–Crippen MR) is 65.8 cm³/mol. The van der Waals surface area contributed by atoms with Crippen LogP contribution in [0.3, 0.4) is 0 Å². The molecule has 0 spiro atoms. The number of halogens is 2. The van der Waals surface area contributed by atoms with Gasteiger partial charge in [-0.2, -0.15) is 0 Å². The van der Waals surface area contributed by atoms with Gasteiger partial charge >= 0.3 is 0 Å². The maximum atomic E-state index is 13.0. The van der Waals surface area contributed by atoms with Crippen molar-refractivity contribution in [3.8, 4) is 0 Å². The van der Waals surface area contributed by atoms with Crippen molar-refractivity contribution >= 4 is 15.9 Å². The molecule has 1 atom stereocenters. The molecule has 1 unspecified atom stereocenters. The first-order valence-electron chi connectivity index (χ1n) is 6.09. The first-order valence-corrected chi connectivity index (χ1v) is 7.00. The van der Waals surface area contributed by atoms with Gasteiger partial charge in [-0.15, -0.1) is 0 Å². The van der Waals surface area contributed by atoms with Crippen LogP contribution in [-0.2, 0) is 0 Å². The van der Waals surface area contributed by atoms with E-state index in [0.29, 0.717) is 11.8 Å². The highest BCUT2D eigenvalue weighted by Gasteiger charge is 2.37. The Morgan fingerprint density at radius 1 is 1.33 bits per heavy atom. The Morgan fingerprint density at radius 3 is 2.53 bits per heavy atom. The van der Waals surface area contributed by atoms with E-state index >= 15 is 0 Å². The van der Waals surface area contributed by atoms with Gasteiger partial charge in [0.05, 0.1) is 5.83 Å². The zero-order valence-corrected chi connectivity index (χ0v) is 11.0. The molecule has 1 saturated carbocycles. The average molecular weight is 275 g/mol. The maximum absolute atomic E-state index is 13.0. The maximum Gasteiger partial charge on any atom is 0.0960 e. The zero-order valence-electron chi connectivity index (χ0n) is 9.44. The lowest BCUT2D eigenvalue weighted by Crippen LogP contribution is -2.33. The number of hydrogen-bond donors (Lipinski definition) is 0. The summed E-state index contributed by atoms with van der Waals surface area (Å²) in [4.78, 5) is 0.724. The van der Waals surface area contributed by atoms with Crippen LogP contribution in [0.1, 0.15) is 51.9 Å². The van der Waals surface area contributed by atoms with Crippen LogP contribution in [0.4, 0.5) is 4.39 Å². The normalized spacial score (nSPS) is 42.5. The molecule has 0 aromatic carbocycles. The van der Waals surface area contributed by atoms with Crippen LogP contribution in [0.2, 0.25) is 0 Å². The molecular formula is C13H20BrF. The van der Waals surface area contributed by atoms with Crippen molar-refractivity contribution < 1.29 is 4.39 Å². The Bertz CT molecular complexity index is 251. The van der Waals surface area contributed by atoms with E-state index in [1.807, 2.05) is 6.08 Å². The second-order valence-electron chi connectivity index (χ2n) is 5.45. The fourth-order valence-electron chi connectivity index (χ4n) is 3.09. The minimum absolute atomic E-state index is 0.115. The van der Waals surface area contributed by atoms with E-state index in [1.54, 1.807) is 0 Å². The molecule has 2 aliphatic rings. The summed E-state index contributed by atoms with van der Waals surface area (Å²) in [5.74, 6) is 0.834. The zero-order chi connectivity index (χ0) is 10.9. The Kier molecular flexibility index (Phi) is 3.54. The average Bonchev–Trinajstić information content (AvgIpc) is 2.24. The van der Waals surface area contributed by atoms with Crippen molar-refractivity contribution in [2.75, 3.05) is 0 Å². The highest BCUT2D eigenvalue weighted by molar-refractivity contribution is 9.09. The van der Waals surface area contributed by atoms with Gasteiger partial charge in [-0.25, -0.2) is 4.39 Å². The first-order chi connectivity index (χ1) is 7.10. The molecule has 2 aliphatic carbocycles. The van der Waals surface area contributed by atoms with Crippen LogP contribution in [-0.4, -0.2) is 4.83 Å². The molecule has 0 radical (unpaired) electrons. The van der Waals surface area contributed by atoms with Crippen molar-refractivity contribution in [3.05, 3.63) is 11.9 Å². The van der Waals surface area contributed by atoms with Crippen LogP contribution in [0.25, 0.3) is 0 Å². The molecule has 2 rings (SSSR count). The van der Waals surface area contributed by atoms with Crippen LogP contribution in [0.5, 0.6) is 0 Å². The van der Waals surface area contributed by atoms with Gasteiger partial charge in [0.2, 0.25) is 0 Å². The Hall–Kier alpha value is 0.150. The highest BCUT2D eigenvalue weighted by atomic mass is 79.9. The van der Waals surface area contributed by atoms with Gasteiger partial charge in [-0.05, 0) is 56.3 Å². The number of hydrogen-bond acceptors (Lipinski definition) is 0. The van der Waals surface area contributed by atoms with Gasteiger partial charge in [0.1, 0.15) is 0 Å². The molecule has 15 heavy (non-hydrogen) atoms. The van der Waals surface area contributed by atoms with Gasteiger partial charge < -0.3 is 0 Å². The fraction of sp³-hybridized carbons (Fsp3) is 0.846. The number of allylic oxidation sites excluding steroid dienone is 2. The summed E-state index contributed by atoms with van der Waals surface area (Å²) in [6, 6.07) is 0. The third kappa shape index (κ3) is 2.64. The van der Waals surface area contributed by atoms with Crippen LogP contribution >= 0.6 is 15.9 Å². The Morgan fingerprint density at radius 2 is 2.00 bits per heavy atom. The minimum Gasteiger partial charge on any atom is -0.212 e. The molecule has 0 aromatic heterocycles. The summed E-state index contributed by atoms with van der Waals surface area (Å²) in [7, 11) is 0. The van der Waals surface area contributed by atoms with E-state index in [-0.39, 0.29) is 5.83 Å². The lowest BCUT2D eigenvalue weighted by atomic mass is 9.64. The molecular weight excluding hydrogens is 255 g/mol. The summed E-state index contributed by atoms with van der Waals surface area (Å²) in [5.41, 5.74) is 0.474. The molecule has 2 heteroatoms. The van der Waals surface area contributed by atoms with Crippen molar-refractivity contribution in [2.24, 2.45) is 11.3 Å². The Labute approximate surface area is 100 Å². The van der Waals surface area contributed by atoms with Crippen molar-refractivity contribution in [3.63, 3.8) is 0 Å². The number of alkyl halides is 1. The van der Waals surface area contributed by atoms with Crippen LogP contribution < -0.4 is 0 Å². The molecule has 86 valence electrons. The second kappa shape index (κ2) is 4.57. The van der Waals surface area contributed by atoms with Gasteiger partial charge in [-0.1, -0.05) is 28.9 Å². The van der Waals surface area contributed by atoms with Gasteiger partial charge in [0.25, 0.3) is 0 Å². The van der Waals surface area contributed by atoms with E-state index in [9.17, 15) is 4.39 Å². The van der Waals surface area contributed by atoms with Crippen LogP contribution in [0, 0.1) is 11.3 Å². The monoisotopic (exact) mass is 274 g/mol. The summed E-state index contributed by atoms with van der Waals surface area (Å²) >= 11 is 3.70. The standard InChI is InChI=1S/C13H20BrF/c1-13(8-6-11(14)7-9-13)10-2-4-12(15)5-3-10/h4,10-11H,2-3,5-9H2,1H3.